The molecule has 1 aliphatic rings. The van der Waals surface area contributed by atoms with Gasteiger partial charge in [-0.05, 0) is 6.92 Å². The number of aromatic nitrogens is 2. The van der Waals surface area contributed by atoms with Crippen LogP contribution in [0.4, 0.5) is 5.82 Å². The second-order valence-electron chi connectivity index (χ2n) is 2.13. The van der Waals surface area contributed by atoms with Crippen molar-refractivity contribution in [2.24, 2.45) is 0 Å². The number of nitrogens with zero attached hydrogens (tertiary/aromatic N) is 2. The lowest BCUT2D eigenvalue weighted by molar-refractivity contribution is 0.358. The van der Waals surface area contributed by atoms with Crippen LogP contribution in [-0.2, 0) is 0 Å². The zero-order valence-electron chi connectivity index (χ0n) is 5.59. The van der Waals surface area contributed by atoms with Crippen LogP contribution in [0.3, 0.4) is 0 Å². The van der Waals surface area contributed by atoms with Crippen molar-refractivity contribution in [1.29, 1.82) is 0 Å². The summed E-state index contributed by atoms with van der Waals surface area (Å²) < 4.78 is 5.09. The van der Waals surface area contributed by atoms with Gasteiger partial charge in [-0.1, -0.05) is 0 Å². The van der Waals surface area contributed by atoms with E-state index in [1.807, 2.05) is 6.92 Å². The molecule has 0 saturated carbocycles. The predicted molar refractivity (Wildman–Crippen MR) is 35.9 cm³/mol. The van der Waals surface area contributed by atoms with Crippen LogP contribution in [0.2, 0.25) is 0 Å². The number of nitrogens with one attached hydrogen (secondary N) is 1. The first-order valence-corrected chi connectivity index (χ1v) is 3.06. The van der Waals surface area contributed by atoms with E-state index in [0.717, 1.165) is 11.5 Å². The molecule has 52 valence electrons. The monoisotopic (exact) mass is 137 g/mol. The number of anilines is 1. The Kier molecular flexibility index (Phi) is 1.00. The highest BCUT2D eigenvalue weighted by Crippen LogP contribution is 2.22. The van der Waals surface area contributed by atoms with E-state index < -0.39 is 0 Å². The number of fused-ring (bicyclic) bond motifs is 1. The standard InChI is InChI=1S/C6H7N3O/c1-4-2-7-5-6(9-4)10-3-8-5/h2H,3H2,1H3,(H,7,8). The Labute approximate surface area is 58.3 Å². The zero-order valence-corrected chi connectivity index (χ0v) is 5.59. The van der Waals surface area contributed by atoms with Crippen LogP contribution < -0.4 is 10.1 Å². The van der Waals surface area contributed by atoms with E-state index in [9.17, 15) is 0 Å². The maximum atomic E-state index is 5.09. The van der Waals surface area contributed by atoms with Crippen LogP contribution in [0.1, 0.15) is 5.69 Å². The van der Waals surface area contributed by atoms with Crippen molar-refractivity contribution in [2.75, 3.05) is 12.0 Å². The molecule has 0 atom stereocenters. The minimum absolute atomic E-state index is 0.485. The average molecular weight is 137 g/mol. The molecule has 4 nitrogen and oxygen atoms in total. The summed E-state index contributed by atoms with van der Waals surface area (Å²) in [6, 6.07) is 0. The topological polar surface area (TPSA) is 47.0 Å². The highest BCUT2D eigenvalue weighted by Gasteiger charge is 2.12. The summed E-state index contributed by atoms with van der Waals surface area (Å²) in [5.74, 6) is 1.35. The molecule has 0 saturated heterocycles. The lowest BCUT2D eigenvalue weighted by atomic mass is 10.5. The molecule has 0 amide bonds. The first-order chi connectivity index (χ1) is 4.86. The van der Waals surface area contributed by atoms with Crippen molar-refractivity contribution in [3.05, 3.63) is 11.9 Å². The van der Waals surface area contributed by atoms with Gasteiger partial charge in [-0.25, -0.2) is 9.97 Å². The van der Waals surface area contributed by atoms with Gasteiger partial charge >= 0.3 is 0 Å². The number of ether oxygens (including phenoxy) is 1. The second kappa shape index (κ2) is 1.83. The van der Waals surface area contributed by atoms with Crippen molar-refractivity contribution in [2.45, 2.75) is 6.92 Å². The van der Waals surface area contributed by atoms with E-state index in [1.54, 1.807) is 6.20 Å². The number of aryl methyl sites for hydroxylation is 1. The van der Waals surface area contributed by atoms with Crippen molar-refractivity contribution in [3.8, 4) is 5.88 Å². The molecule has 1 aliphatic heterocycles. The van der Waals surface area contributed by atoms with E-state index in [4.69, 9.17) is 4.74 Å². The molecule has 0 fully saturated rings. The predicted octanol–water partition coefficient (Wildman–Crippen LogP) is 0.547. The number of rotatable bonds is 0. The van der Waals surface area contributed by atoms with Gasteiger partial charge in [0.2, 0.25) is 0 Å². The van der Waals surface area contributed by atoms with Gasteiger partial charge in [-0.15, -0.1) is 0 Å². The fourth-order valence-electron chi connectivity index (χ4n) is 0.850. The molecule has 0 aliphatic carbocycles. The van der Waals surface area contributed by atoms with Crippen molar-refractivity contribution < 1.29 is 4.74 Å². The number of hydrogen-bond donors (Lipinski definition) is 1. The summed E-state index contributed by atoms with van der Waals surface area (Å²) in [6.45, 7) is 2.37. The normalized spacial score (nSPS) is 13.7. The van der Waals surface area contributed by atoms with Gasteiger partial charge in [0.1, 0.15) is 0 Å². The third-order valence-corrected chi connectivity index (χ3v) is 1.31. The molecule has 10 heavy (non-hydrogen) atoms. The molecule has 1 aromatic heterocycles. The average Bonchev–Trinajstić information content (AvgIpc) is 2.33. The van der Waals surface area contributed by atoms with Gasteiger partial charge in [0, 0.05) is 0 Å². The molecule has 0 unspecified atom stereocenters. The molecule has 0 aromatic carbocycles. The zero-order chi connectivity index (χ0) is 6.97. The van der Waals surface area contributed by atoms with E-state index in [-0.39, 0.29) is 0 Å². The maximum absolute atomic E-state index is 5.09. The van der Waals surface area contributed by atoms with Crippen LogP contribution in [0.15, 0.2) is 6.20 Å². The third-order valence-electron chi connectivity index (χ3n) is 1.31. The van der Waals surface area contributed by atoms with Crippen LogP contribution in [0, 0.1) is 6.92 Å². The molecular formula is C6H7N3O. The maximum Gasteiger partial charge on any atom is 0.259 e. The van der Waals surface area contributed by atoms with Gasteiger partial charge in [-0.2, -0.15) is 0 Å². The summed E-state index contributed by atoms with van der Waals surface area (Å²) in [5, 5.41) is 2.93. The molecular weight excluding hydrogens is 130 g/mol. The van der Waals surface area contributed by atoms with E-state index in [0.29, 0.717) is 12.6 Å². The second-order valence-corrected chi connectivity index (χ2v) is 2.13. The Hall–Kier alpha value is -1.32. The van der Waals surface area contributed by atoms with E-state index in [2.05, 4.69) is 15.3 Å². The lowest BCUT2D eigenvalue weighted by Crippen LogP contribution is -1.97. The summed E-state index contributed by atoms with van der Waals surface area (Å²) in [7, 11) is 0. The number of hydrogen-bond acceptors (Lipinski definition) is 4. The largest absolute Gasteiger partial charge is 0.454 e. The van der Waals surface area contributed by atoms with Crippen LogP contribution in [-0.4, -0.2) is 16.7 Å². The van der Waals surface area contributed by atoms with E-state index >= 15 is 0 Å². The molecule has 0 bridgehead atoms. The highest BCUT2D eigenvalue weighted by molar-refractivity contribution is 5.48. The summed E-state index contributed by atoms with van der Waals surface area (Å²) in [6.07, 6.45) is 1.71. The van der Waals surface area contributed by atoms with Gasteiger partial charge in [0.05, 0.1) is 11.9 Å². The quantitative estimate of drug-likeness (QED) is 0.567. The Bertz CT molecular complexity index is 261. The van der Waals surface area contributed by atoms with Crippen molar-refractivity contribution in [1.82, 2.24) is 9.97 Å². The van der Waals surface area contributed by atoms with Gasteiger partial charge in [0.25, 0.3) is 5.88 Å². The van der Waals surface area contributed by atoms with Gasteiger partial charge in [0.15, 0.2) is 12.5 Å². The molecule has 1 N–H and O–H groups in total. The van der Waals surface area contributed by atoms with Crippen LogP contribution in [0.25, 0.3) is 0 Å². The summed E-state index contributed by atoms with van der Waals surface area (Å²) >= 11 is 0. The van der Waals surface area contributed by atoms with Crippen LogP contribution >= 0.6 is 0 Å². The van der Waals surface area contributed by atoms with Crippen molar-refractivity contribution >= 4 is 5.82 Å². The molecule has 1 aromatic rings. The minimum Gasteiger partial charge on any atom is -0.454 e. The fraction of sp³-hybridized carbons (Fsp3) is 0.333. The Balaban J connectivity index is 2.52. The summed E-state index contributed by atoms with van der Waals surface area (Å²) in [5.41, 5.74) is 0.877. The minimum atomic E-state index is 0.485. The third kappa shape index (κ3) is 0.689. The smallest absolute Gasteiger partial charge is 0.259 e. The molecule has 2 rings (SSSR count). The van der Waals surface area contributed by atoms with Gasteiger partial charge in [-0.3, -0.25) is 0 Å². The van der Waals surface area contributed by atoms with Crippen molar-refractivity contribution in [3.63, 3.8) is 0 Å². The molecule has 4 heteroatoms. The van der Waals surface area contributed by atoms with Crippen LogP contribution in [0.5, 0.6) is 5.88 Å². The van der Waals surface area contributed by atoms with Gasteiger partial charge < -0.3 is 10.1 Å². The summed E-state index contributed by atoms with van der Waals surface area (Å²) in [4.78, 5) is 8.17. The highest BCUT2D eigenvalue weighted by atomic mass is 16.5. The van der Waals surface area contributed by atoms with E-state index in [1.165, 1.54) is 0 Å². The Morgan fingerprint density at radius 3 is 3.50 bits per heavy atom. The molecule has 2 heterocycles. The Morgan fingerprint density at radius 2 is 2.60 bits per heavy atom. The first-order valence-electron chi connectivity index (χ1n) is 3.06. The lowest BCUT2D eigenvalue weighted by Gasteiger charge is -1.94. The molecule has 0 radical (unpaired) electrons. The fourth-order valence-corrected chi connectivity index (χ4v) is 0.850. The molecule has 0 spiro atoms. The Morgan fingerprint density at radius 1 is 1.70 bits per heavy atom. The first kappa shape index (κ1) is 5.46. The SMILES string of the molecule is Cc1cnc2c(n1)OCN2.